The molecule has 0 bridgehead atoms. The molecule has 136 valence electrons. The van der Waals surface area contributed by atoms with E-state index in [-0.39, 0.29) is 24.7 Å². The normalized spacial score (nSPS) is 10.4. The molecule has 0 aliphatic carbocycles. The Morgan fingerprint density at radius 3 is 2.30 bits per heavy atom. The van der Waals surface area contributed by atoms with Crippen molar-refractivity contribution in [2.45, 2.75) is 6.54 Å². The molecule has 27 heavy (non-hydrogen) atoms. The van der Waals surface area contributed by atoms with E-state index in [0.29, 0.717) is 11.1 Å². The fourth-order valence-electron chi connectivity index (χ4n) is 2.38. The van der Waals surface area contributed by atoms with Gasteiger partial charge in [0, 0.05) is 12.1 Å². The summed E-state index contributed by atoms with van der Waals surface area (Å²) in [6.07, 6.45) is 1.43. The number of nitrogens with one attached hydrogen (secondary N) is 2. The van der Waals surface area contributed by atoms with Gasteiger partial charge in [0.1, 0.15) is 5.69 Å². The molecule has 1 aromatic heterocycles. The largest absolute Gasteiger partial charge is 0.368 e. The molecule has 3 aromatic rings. The van der Waals surface area contributed by atoms with Crippen molar-refractivity contribution in [3.05, 3.63) is 71.5 Å². The van der Waals surface area contributed by atoms with Gasteiger partial charge in [-0.2, -0.15) is 0 Å². The van der Waals surface area contributed by atoms with Crippen LogP contribution in [-0.4, -0.2) is 34.2 Å². The summed E-state index contributed by atoms with van der Waals surface area (Å²) < 4.78 is 0. The van der Waals surface area contributed by atoms with Crippen LogP contribution in [0.5, 0.6) is 0 Å². The highest BCUT2D eigenvalue weighted by Crippen LogP contribution is 2.09. The molecule has 0 fully saturated rings. The third kappa shape index (κ3) is 4.63. The topological polar surface area (TPSA) is 127 Å². The summed E-state index contributed by atoms with van der Waals surface area (Å²) in [4.78, 5) is 43.3. The van der Waals surface area contributed by atoms with Crippen LogP contribution in [0.15, 0.2) is 54.7 Å². The van der Waals surface area contributed by atoms with Gasteiger partial charge in [0.25, 0.3) is 11.8 Å². The van der Waals surface area contributed by atoms with Crippen molar-refractivity contribution in [1.29, 1.82) is 0 Å². The van der Waals surface area contributed by atoms with Gasteiger partial charge in [0.05, 0.1) is 23.8 Å². The van der Waals surface area contributed by atoms with Crippen molar-refractivity contribution >= 4 is 28.8 Å². The zero-order valence-corrected chi connectivity index (χ0v) is 14.3. The van der Waals surface area contributed by atoms with Gasteiger partial charge in [-0.3, -0.25) is 19.4 Å². The van der Waals surface area contributed by atoms with Gasteiger partial charge in [-0.05, 0) is 29.8 Å². The molecule has 3 rings (SSSR count). The molecule has 0 saturated carbocycles. The standard InChI is InChI=1S/C19H17N5O3/c20-17(25)11-23-18(26)13-7-5-12(6-8-13)9-22-19(27)16-10-21-14-3-1-2-4-15(14)24-16/h1-8,10H,9,11H2,(H2,20,25)(H,22,27)(H,23,26). The predicted molar refractivity (Wildman–Crippen MR) is 98.7 cm³/mol. The van der Waals surface area contributed by atoms with E-state index >= 15 is 0 Å². The zero-order chi connectivity index (χ0) is 19.2. The minimum atomic E-state index is -0.612. The average Bonchev–Trinajstić information content (AvgIpc) is 2.70. The van der Waals surface area contributed by atoms with Crippen molar-refractivity contribution in [3.63, 3.8) is 0 Å². The second kappa shape index (κ2) is 8.05. The van der Waals surface area contributed by atoms with Crippen LogP contribution in [0.3, 0.4) is 0 Å². The molecule has 0 unspecified atom stereocenters. The average molecular weight is 363 g/mol. The summed E-state index contributed by atoms with van der Waals surface area (Å²) in [5, 5.41) is 5.17. The van der Waals surface area contributed by atoms with E-state index in [1.165, 1.54) is 6.20 Å². The van der Waals surface area contributed by atoms with E-state index in [9.17, 15) is 14.4 Å². The van der Waals surface area contributed by atoms with Gasteiger partial charge in [0.2, 0.25) is 5.91 Å². The van der Waals surface area contributed by atoms with E-state index in [1.807, 2.05) is 18.2 Å². The summed E-state index contributed by atoms with van der Waals surface area (Å²) in [5.74, 6) is -1.34. The quantitative estimate of drug-likeness (QED) is 0.596. The van der Waals surface area contributed by atoms with Crippen molar-refractivity contribution < 1.29 is 14.4 Å². The molecular weight excluding hydrogens is 346 g/mol. The van der Waals surface area contributed by atoms with Crippen LogP contribution >= 0.6 is 0 Å². The van der Waals surface area contributed by atoms with Crippen molar-refractivity contribution in [1.82, 2.24) is 20.6 Å². The molecule has 2 aromatic carbocycles. The number of nitrogens with two attached hydrogens (primary N) is 1. The van der Waals surface area contributed by atoms with Gasteiger partial charge in [-0.15, -0.1) is 0 Å². The Morgan fingerprint density at radius 2 is 1.59 bits per heavy atom. The SMILES string of the molecule is NC(=O)CNC(=O)c1ccc(CNC(=O)c2cnc3ccccc3n2)cc1. The molecule has 8 nitrogen and oxygen atoms in total. The van der Waals surface area contributed by atoms with E-state index in [0.717, 1.165) is 11.1 Å². The van der Waals surface area contributed by atoms with Crippen LogP contribution in [0.25, 0.3) is 11.0 Å². The number of hydrogen-bond acceptors (Lipinski definition) is 5. The minimum absolute atomic E-state index is 0.219. The molecule has 0 spiro atoms. The molecule has 0 aliphatic rings. The number of primary amides is 1. The highest BCUT2D eigenvalue weighted by Gasteiger charge is 2.10. The zero-order valence-electron chi connectivity index (χ0n) is 14.3. The molecule has 0 radical (unpaired) electrons. The first-order valence-electron chi connectivity index (χ1n) is 8.18. The van der Waals surface area contributed by atoms with Crippen LogP contribution in [0.2, 0.25) is 0 Å². The highest BCUT2D eigenvalue weighted by atomic mass is 16.2. The third-order valence-electron chi connectivity index (χ3n) is 3.77. The lowest BCUT2D eigenvalue weighted by molar-refractivity contribution is -0.117. The first-order valence-corrected chi connectivity index (χ1v) is 8.18. The Kier molecular flexibility index (Phi) is 5.36. The molecule has 0 atom stereocenters. The van der Waals surface area contributed by atoms with Crippen LogP contribution in [0.1, 0.15) is 26.4 Å². The Balaban J connectivity index is 1.59. The van der Waals surface area contributed by atoms with Crippen LogP contribution in [0.4, 0.5) is 0 Å². The van der Waals surface area contributed by atoms with Gasteiger partial charge < -0.3 is 16.4 Å². The fourth-order valence-corrected chi connectivity index (χ4v) is 2.38. The lowest BCUT2D eigenvalue weighted by Gasteiger charge is -2.07. The molecule has 3 amide bonds. The van der Waals surface area contributed by atoms with E-state index in [2.05, 4.69) is 20.6 Å². The number of fused-ring (bicyclic) bond motifs is 1. The maximum Gasteiger partial charge on any atom is 0.271 e. The van der Waals surface area contributed by atoms with Crippen LogP contribution < -0.4 is 16.4 Å². The second-order valence-corrected chi connectivity index (χ2v) is 5.77. The van der Waals surface area contributed by atoms with Gasteiger partial charge in [0.15, 0.2) is 0 Å². The van der Waals surface area contributed by atoms with E-state index < -0.39 is 11.8 Å². The molecular formula is C19H17N5O3. The lowest BCUT2D eigenvalue weighted by atomic mass is 10.1. The Labute approximate surface area is 154 Å². The maximum atomic E-state index is 12.3. The number of rotatable bonds is 6. The van der Waals surface area contributed by atoms with Gasteiger partial charge >= 0.3 is 0 Å². The Bertz CT molecular complexity index is 1000. The Morgan fingerprint density at radius 1 is 0.889 bits per heavy atom. The summed E-state index contributed by atoms with van der Waals surface area (Å²) in [5.41, 5.74) is 7.79. The first-order chi connectivity index (χ1) is 13.0. The molecule has 0 aliphatic heterocycles. The van der Waals surface area contributed by atoms with Gasteiger partial charge in [-0.25, -0.2) is 4.98 Å². The summed E-state index contributed by atoms with van der Waals surface area (Å²) in [6.45, 7) is 0.0555. The van der Waals surface area contributed by atoms with Gasteiger partial charge in [-0.1, -0.05) is 24.3 Å². The first kappa shape index (κ1) is 18.0. The number of benzene rings is 2. The minimum Gasteiger partial charge on any atom is -0.368 e. The van der Waals surface area contributed by atoms with Crippen molar-refractivity contribution in [2.75, 3.05) is 6.54 Å². The maximum absolute atomic E-state index is 12.3. The van der Waals surface area contributed by atoms with Crippen molar-refractivity contribution in [3.8, 4) is 0 Å². The van der Waals surface area contributed by atoms with E-state index in [4.69, 9.17) is 5.73 Å². The molecule has 8 heteroatoms. The fraction of sp³-hybridized carbons (Fsp3) is 0.105. The van der Waals surface area contributed by atoms with E-state index in [1.54, 1.807) is 30.3 Å². The lowest BCUT2D eigenvalue weighted by Crippen LogP contribution is -2.33. The molecule has 1 heterocycles. The summed E-state index contributed by atoms with van der Waals surface area (Å²) >= 11 is 0. The number of carbonyl (C=O) groups excluding carboxylic acids is 3. The number of carbonyl (C=O) groups is 3. The highest BCUT2D eigenvalue weighted by molar-refractivity contribution is 5.96. The van der Waals surface area contributed by atoms with Crippen LogP contribution in [-0.2, 0) is 11.3 Å². The number of aromatic nitrogens is 2. The number of amides is 3. The monoisotopic (exact) mass is 363 g/mol. The molecule has 0 saturated heterocycles. The number of hydrogen-bond donors (Lipinski definition) is 3. The Hall–Kier alpha value is -3.81. The van der Waals surface area contributed by atoms with Crippen LogP contribution in [0, 0.1) is 0 Å². The number of para-hydroxylation sites is 2. The van der Waals surface area contributed by atoms with Crippen molar-refractivity contribution in [2.24, 2.45) is 5.73 Å². The molecule has 4 N–H and O–H groups in total. The second-order valence-electron chi connectivity index (χ2n) is 5.77. The predicted octanol–water partition coefficient (Wildman–Crippen LogP) is 0.775. The summed E-state index contributed by atoms with van der Waals surface area (Å²) in [7, 11) is 0. The smallest absolute Gasteiger partial charge is 0.271 e. The number of nitrogens with zero attached hydrogens (tertiary/aromatic N) is 2. The summed E-state index contributed by atoms with van der Waals surface area (Å²) in [6, 6.07) is 13.9. The third-order valence-corrected chi connectivity index (χ3v) is 3.77.